The number of aromatic nitrogens is 5. The van der Waals surface area contributed by atoms with E-state index >= 15 is 0 Å². The van der Waals surface area contributed by atoms with Gasteiger partial charge in [-0.25, -0.2) is 4.98 Å². The van der Waals surface area contributed by atoms with E-state index in [1.165, 1.54) is 18.6 Å². The fraction of sp³-hybridized carbons (Fsp3) is 0.229. The lowest BCUT2D eigenvalue weighted by Crippen LogP contribution is -2.39. The first kappa shape index (κ1) is 32.0. The molecule has 5 aromatic rings. The van der Waals surface area contributed by atoms with Crippen LogP contribution in [0.5, 0.6) is 0 Å². The Balaban J connectivity index is 1.17. The van der Waals surface area contributed by atoms with Crippen molar-refractivity contribution in [2.75, 3.05) is 31.5 Å². The summed E-state index contributed by atoms with van der Waals surface area (Å²) in [6.45, 7) is 3.87. The number of rotatable bonds is 16. The molecule has 0 bridgehead atoms. The number of hydrogen-bond acceptors (Lipinski definition) is 9. The minimum absolute atomic E-state index is 0.110. The Labute approximate surface area is 268 Å². The summed E-state index contributed by atoms with van der Waals surface area (Å²) in [6.07, 6.45) is 10.5. The van der Waals surface area contributed by atoms with Crippen LogP contribution in [0.25, 0.3) is 0 Å². The first-order chi connectivity index (χ1) is 22.6. The van der Waals surface area contributed by atoms with Crippen molar-refractivity contribution >= 4 is 17.5 Å². The van der Waals surface area contributed by atoms with Crippen LogP contribution in [0.4, 0.5) is 5.69 Å². The number of benzene rings is 1. The molecule has 0 saturated carbocycles. The zero-order valence-corrected chi connectivity index (χ0v) is 25.6. The van der Waals surface area contributed by atoms with Gasteiger partial charge in [-0.05, 0) is 60.5 Å². The van der Waals surface area contributed by atoms with Gasteiger partial charge < -0.3 is 10.6 Å². The SMILES string of the molecule is O=C(CN(CCN(Cc1ccccn1)Cc1ccccn1)Cc1ccccn1)Nc1ccc(CCNC(=O)c2cnccn2)cc1. The second kappa shape index (κ2) is 17.2. The number of amides is 2. The van der Waals surface area contributed by atoms with E-state index in [0.29, 0.717) is 51.4 Å². The zero-order valence-electron chi connectivity index (χ0n) is 25.6. The van der Waals surface area contributed by atoms with E-state index in [-0.39, 0.29) is 24.1 Å². The molecule has 4 aromatic heterocycles. The van der Waals surface area contributed by atoms with Gasteiger partial charge in [0.05, 0.1) is 29.8 Å². The number of carbonyl (C=O) groups excluding carboxylic acids is 2. The fourth-order valence-corrected chi connectivity index (χ4v) is 4.86. The molecule has 4 heterocycles. The van der Waals surface area contributed by atoms with Crippen LogP contribution in [0.2, 0.25) is 0 Å². The van der Waals surface area contributed by atoms with Crippen LogP contribution in [0.3, 0.4) is 0 Å². The van der Waals surface area contributed by atoms with Crippen molar-refractivity contribution in [3.05, 3.63) is 144 Å². The number of carbonyl (C=O) groups is 2. The van der Waals surface area contributed by atoms with Gasteiger partial charge in [-0.2, -0.15) is 0 Å². The number of nitrogens with zero attached hydrogens (tertiary/aromatic N) is 7. The highest BCUT2D eigenvalue weighted by Gasteiger charge is 2.16. The minimum Gasteiger partial charge on any atom is -0.350 e. The van der Waals surface area contributed by atoms with Gasteiger partial charge in [0.2, 0.25) is 5.91 Å². The molecule has 11 nitrogen and oxygen atoms in total. The molecular weight excluding hydrogens is 578 g/mol. The summed E-state index contributed by atoms with van der Waals surface area (Å²) in [5, 5.41) is 5.88. The molecule has 2 N–H and O–H groups in total. The molecule has 0 spiro atoms. The quantitative estimate of drug-likeness (QED) is 0.170. The van der Waals surface area contributed by atoms with E-state index in [1.807, 2.05) is 78.9 Å². The van der Waals surface area contributed by atoms with Gasteiger partial charge in [0.15, 0.2) is 0 Å². The van der Waals surface area contributed by atoms with Crippen LogP contribution in [-0.4, -0.2) is 72.7 Å². The number of pyridine rings is 3. The Kier molecular flexibility index (Phi) is 12.0. The highest BCUT2D eigenvalue weighted by atomic mass is 16.2. The van der Waals surface area contributed by atoms with Crippen molar-refractivity contribution in [3.8, 4) is 0 Å². The molecule has 0 saturated heterocycles. The van der Waals surface area contributed by atoms with Crippen LogP contribution in [0.1, 0.15) is 33.1 Å². The van der Waals surface area contributed by atoms with Crippen molar-refractivity contribution in [1.82, 2.24) is 40.0 Å². The first-order valence-electron chi connectivity index (χ1n) is 15.2. The lowest BCUT2D eigenvalue weighted by Gasteiger charge is -2.27. The largest absolute Gasteiger partial charge is 0.350 e. The van der Waals surface area contributed by atoms with Gasteiger partial charge in [0.25, 0.3) is 5.91 Å². The van der Waals surface area contributed by atoms with Crippen LogP contribution in [0.15, 0.2) is 116 Å². The third-order valence-electron chi connectivity index (χ3n) is 7.17. The molecule has 0 aliphatic rings. The van der Waals surface area contributed by atoms with Gasteiger partial charge in [0.1, 0.15) is 5.69 Å². The summed E-state index contributed by atoms with van der Waals surface area (Å²) in [6, 6.07) is 25.3. The minimum atomic E-state index is -0.260. The molecule has 0 unspecified atom stereocenters. The molecule has 234 valence electrons. The predicted molar refractivity (Wildman–Crippen MR) is 175 cm³/mol. The third kappa shape index (κ3) is 10.7. The summed E-state index contributed by atoms with van der Waals surface area (Å²) < 4.78 is 0. The molecule has 0 aliphatic carbocycles. The molecule has 2 amide bonds. The van der Waals surface area contributed by atoms with E-state index in [0.717, 1.165) is 22.6 Å². The maximum atomic E-state index is 13.2. The Bertz CT molecular complexity index is 1580. The average Bonchev–Trinajstić information content (AvgIpc) is 3.09. The Hall–Kier alpha value is -5.39. The molecule has 5 rings (SSSR count). The molecule has 0 atom stereocenters. The van der Waals surface area contributed by atoms with Crippen molar-refractivity contribution in [2.24, 2.45) is 0 Å². The topological polar surface area (TPSA) is 129 Å². The van der Waals surface area contributed by atoms with Gasteiger partial charge in [-0.1, -0.05) is 30.3 Å². The maximum Gasteiger partial charge on any atom is 0.271 e. The normalized spacial score (nSPS) is 11.0. The average molecular weight is 616 g/mol. The highest BCUT2D eigenvalue weighted by Crippen LogP contribution is 2.12. The second-order valence-electron chi connectivity index (χ2n) is 10.7. The van der Waals surface area contributed by atoms with Gasteiger partial charge >= 0.3 is 0 Å². The van der Waals surface area contributed by atoms with Crippen molar-refractivity contribution in [3.63, 3.8) is 0 Å². The first-order valence-corrected chi connectivity index (χ1v) is 15.2. The summed E-state index contributed by atoms with van der Waals surface area (Å²) in [7, 11) is 0. The fourth-order valence-electron chi connectivity index (χ4n) is 4.86. The monoisotopic (exact) mass is 615 g/mol. The second-order valence-corrected chi connectivity index (χ2v) is 10.7. The summed E-state index contributed by atoms with van der Waals surface area (Å²) in [4.78, 5) is 51.3. The van der Waals surface area contributed by atoms with E-state index in [9.17, 15) is 9.59 Å². The Morgan fingerprint density at radius 1 is 0.630 bits per heavy atom. The summed E-state index contributed by atoms with van der Waals surface area (Å²) in [5.74, 6) is -0.371. The lowest BCUT2D eigenvalue weighted by molar-refractivity contribution is -0.117. The third-order valence-corrected chi connectivity index (χ3v) is 7.17. The van der Waals surface area contributed by atoms with E-state index < -0.39 is 0 Å². The number of anilines is 1. The van der Waals surface area contributed by atoms with E-state index in [4.69, 9.17) is 0 Å². The van der Waals surface area contributed by atoms with Crippen LogP contribution < -0.4 is 10.6 Å². The molecule has 0 aliphatic heterocycles. The Morgan fingerprint density at radius 3 is 1.76 bits per heavy atom. The molecule has 0 radical (unpaired) electrons. The summed E-state index contributed by atoms with van der Waals surface area (Å²) >= 11 is 0. The van der Waals surface area contributed by atoms with Gasteiger partial charge in [-0.15, -0.1) is 0 Å². The Morgan fingerprint density at radius 2 is 1.22 bits per heavy atom. The van der Waals surface area contributed by atoms with Crippen LogP contribution in [0, 0.1) is 0 Å². The molecule has 46 heavy (non-hydrogen) atoms. The molecule has 0 fully saturated rings. The van der Waals surface area contributed by atoms with Crippen LogP contribution >= 0.6 is 0 Å². The van der Waals surface area contributed by atoms with Crippen LogP contribution in [-0.2, 0) is 30.8 Å². The van der Waals surface area contributed by atoms with Gasteiger partial charge in [-0.3, -0.25) is 39.3 Å². The molecule has 11 heteroatoms. The standard InChI is InChI=1S/C35H37N9O2/c45-34(42-29-12-10-28(11-13-29)14-18-41-35(46)33-23-36-19-20-40-33)27-44(26-32-9-3-6-17-39-32)22-21-43(24-30-7-1-4-15-37-30)25-31-8-2-5-16-38-31/h1-13,15-17,19-20,23H,14,18,21-22,24-27H2,(H,41,46)(H,42,45). The van der Waals surface area contributed by atoms with Gasteiger partial charge in [0, 0.05) is 75.9 Å². The number of hydrogen-bond donors (Lipinski definition) is 2. The van der Waals surface area contributed by atoms with E-state index in [1.54, 1.807) is 18.6 Å². The highest BCUT2D eigenvalue weighted by molar-refractivity contribution is 5.92. The maximum absolute atomic E-state index is 13.2. The molecule has 1 aromatic carbocycles. The van der Waals surface area contributed by atoms with E-state index in [2.05, 4.69) is 45.4 Å². The summed E-state index contributed by atoms with van der Waals surface area (Å²) in [5.41, 5.74) is 4.88. The lowest BCUT2D eigenvalue weighted by atomic mass is 10.1. The predicted octanol–water partition coefficient (Wildman–Crippen LogP) is 3.78. The molecular formula is C35H37N9O2. The van der Waals surface area contributed by atoms with Crippen molar-refractivity contribution in [2.45, 2.75) is 26.1 Å². The number of nitrogens with one attached hydrogen (secondary N) is 2. The van der Waals surface area contributed by atoms with Crippen molar-refractivity contribution < 1.29 is 9.59 Å². The van der Waals surface area contributed by atoms with Crippen molar-refractivity contribution in [1.29, 1.82) is 0 Å². The smallest absolute Gasteiger partial charge is 0.271 e. The zero-order chi connectivity index (χ0) is 31.8.